The molecule has 0 aliphatic heterocycles. The van der Waals surface area contributed by atoms with Crippen molar-refractivity contribution in [1.29, 1.82) is 0 Å². The van der Waals surface area contributed by atoms with Crippen LogP contribution in [-0.4, -0.2) is 19.7 Å². The second-order valence-corrected chi connectivity index (χ2v) is 3.60. The van der Waals surface area contributed by atoms with Crippen LogP contribution in [-0.2, 0) is 19.5 Å². The molecule has 0 bridgehead atoms. The molecule has 86 valence electrons. The van der Waals surface area contributed by atoms with Crippen LogP contribution in [0.15, 0.2) is 17.0 Å². The van der Waals surface area contributed by atoms with E-state index in [2.05, 4.69) is 22.0 Å². The van der Waals surface area contributed by atoms with Crippen molar-refractivity contribution < 1.29 is 4.52 Å². The van der Waals surface area contributed by atoms with Crippen molar-refractivity contribution in [3.8, 4) is 0 Å². The van der Waals surface area contributed by atoms with E-state index in [9.17, 15) is 0 Å². The van der Waals surface area contributed by atoms with E-state index >= 15 is 0 Å². The number of rotatable bonds is 5. The van der Waals surface area contributed by atoms with Gasteiger partial charge in [-0.05, 0) is 6.42 Å². The summed E-state index contributed by atoms with van der Waals surface area (Å²) in [5.41, 5.74) is 6.33. The normalized spacial score (nSPS) is 10.9. The van der Waals surface area contributed by atoms with Crippen molar-refractivity contribution in [3.63, 3.8) is 0 Å². The van der Waals surface area contributed by atoms with Crippen LogP contribution in [0.4, 0.5) is 0 Å². The molecule has 0 radical (unpaired) electrons. The van der Waals surface area contributed by atoms with Gasteiger partial charge in [0.2, 0.25) is 5.89 Å². The van der Waals surface area contributed by atoms with Gasteiger partial charge in [-0.3, -0.25) is 0 Å². The van der Waals surface area contributed by atoms with Crippen molar-refractivity contribution in [1.82, 2.24) is 19.7 Å². The lowest BCUT2D eigenvalue weighted by Crippen LogP contribution is -1.98. The number of hydrogen-bond donors (Lipinski definition) is 1. The molecule has 0 unspecified atom stereocenters. The SMILES string of the molecule is CCCc1noc(Cn2cnc(CN)c2)n1. The number of aromatic nitrogens is 4. The van der Waals surface area contributed by atoms with E-state index in [4.69, 9.17) is 10.3 Å². The fourth-order valence-corrected chi connectivity index (χ4v) is 1.43. The van der Waals surface area contributed by atoms with Crippen LogP contribution in [0.5, 0.6) is 0 Å². The summed E-state index contributed by atoms with van der Waals surface area (Å²) in [5.74, 6) is 1.36. The van der Waals surface area contributed by atoms with Gasteiger partial charge in [0.25, 0.3) is 0 Å². The Morgan fingerprint density at radius 2 is 2.38 bits per heavy atom. The van der Waals surface area contributed by atoms with Gasteiger partial charge in [-0.2, -0.15) is 4.98 Å². The van der Waals surface area contributed by atoms with Crippen molar-refractivity contribution in [2.45, 2.75) is 32.9 Å². The zero-order valence-corrected chi connectivity index (χ0v) is 9.26. The summed E-state index contributed by atoms with van der Waals surface area (Å²) in [5, 5.41) is 3.88. The molecule has 6 heteroatoms. The highest BCUT2D eigenvalue weighted by molar-refractivity contribution is 4.97. The van der Waals surface area contributed by atoms with Crippen molar-refractivity contribution in [2.75, 3.05) is 0 Å². The maximum absolute atomic E-state index is 5.47. The smallest absolute Gasteiger partial charge is 0.246 e. The first-order chi connectivity index (χ1) is 7.81. The molecular formula is C10H15N5O. The molecule has 2 N–H and O–H groups in total. The van der Waals surface area contributed by atoms with E-state index in [0.29, 0.717) is 19.0 Å². The number of hydrogen-bond acceptors (Lipinski definition) is 5. The van der Waals surface area contributed by atoms with Crippen molar-refractivity contribution >= 4 is 0 Å². The van der Waals surface area contributed by atoms with E-state index in [1.165, 1.54) is 0 Å². The first-order valence-corrected chi connectivity index (χ1v) is 5.34. The van der Waals surface area contributed by atoms with Crippen LogP contribution in [0.25, 0.3) is 0 Å². The predicted molar refractivity (Wildman–Crippen MR) is 57.5 cm³/mol. The minimum absolute atomic E-state index is 0.442. The van der Waals surface area contributed by atoms with Crippen LogP contribution in [0.1, 0.15) is 30.8 Å². The van der Waals surface area contributed by atoms with E-state index < -0.39 is 0 Å². The molecule has 0 atom stereocenters. The Kier molecular flexibility index (Phi) is 3.31. The summed E-state index contributed by atoms with van der Waals surface area (Å²) < 4.78 is 7.00. The van der Waals surface area contributed by atoms with Gasteiger partial charge in [0, 0.05) is 19.2 Å². The number of nitrogens with two attached hydrogens (primary N) is 1. The van der Waals surface area contributed by atoms with Crippen molar-refractivity contribution in [3.05, 3.63) is 29.9 Å². The molecule has 2 aromatic rings. The number of aryl methyl sites for hydroxylation is 1. The molecule has 0 spiro atoms. The fraction of sp³-hybridized carbons (Fsp3) is 0.500. The Balaban J connectivity index is 2.02. The van der Waals surface area contributed by atoms with E-state index in [1.54, 1.807) is 6.33 Å². The molecule has 2 rings (SSSR count). The second kappa shape index (κ2) is 4.89. The lowest BCUT2D eigenvalue weighted by molar-refractivity contribution is 0.366. The molecule has 0 aromatic carbocycles. The van der Waals surface area contributed by atoms with Crippen LogP contribution in [0, 0.1) is 0 Å². The molecule has 2 aromatic heterocycles. The van der Waals surface area contributed by atoms with Gasteiger partial charge in [0.1, 0.15) is 6.54 Å². The zero-order valence-electron chi connectivity index (χ0n) is 9.26. The average molecular weight is 221 g/mol. The van der Waals surface area contributed by atoms with Gasteiger partial charge in [-0.15, -0.1) is 0 Å². The Morgan fingerprint density at radius 1 is 1.50 bits per heavy atom. The highest BCUT2D eigenvalue weighted by atomic mass is 16.5. The lowest BCUT2D eigenvalue weighted by Gasteiger charge is -1.94. The first kappa shape index (κ1) is 10.8. The van der Waals surface area contributed by atoms with Crippen LogP contribution in [0.3, 0.4) is 0 Å². The Morgan fingerprint density at radius 3 is 3.06 bits per heavy atom. The Hall–Kier alpha value is -1.69. The molecule has 16 heavy (non-hydrogen) atoms. The van der Waals surface area contributed by atoms with Gasteiger partial charge < -0.3 is 14.8 Å². The van der Waals surface area contributed by atoms with E-state index in [1.807, 2.05) is 10.8 Å². The minimum Gasteiger partial charge on any atom is -0.337 e. The molecule has 2 heterocycles. The number of imidazole rings is 1. The van der Waals surface area contributed by atoms with Crippen LogP contribution < -0.4 is 5.73 Å². The average Bonchev–Trinajstić information content (AvgIpc) is 2.89. The van der Waals surface area contributed by atoms with Gasteiger partial charge in [0.15, 0.2) is 5.82 Å². The molecule has 0 amide bonds. The molecule has 0 fully saturated rings. The minimum atomic E-state index is 0.442. The van der Waals surface area contributed by atoms with Gasteiger partial charge in [-0.1, -0.05) is 12.1 Å². The summed E-state index contributed by atoms with van der Waals surface area (Å²) in [4.78, 5) is 8.39. The van der Waals surface area contributed by atoms with Crippen LogP contribution >= 0.6 is 0 Å². The summed E-state index contributed by atoms with van der Waals surface area (Å²) in [6, 6.07) is 0. The molecule has 0 aliphatic rings. The summed E-state index contributed by atoms with van der Waals surface area (Å²) >= 11 is 0. The molecule has 6 nitrogen and oxygen atoms in total. The highest BCUT2D eigenvalue weighted by Crippen LogP contribution is 2.03. The molecule has 0 saturated carbocycles. The quantitative estimate of drug-likeness (QED) is 0.804. The summed E-state index contributed by atoms with van der Waals surface area (Å²) in [6.07, 6.45) is 5.46. The predicted octanol–water partition coefficient (Wildman–Crippen LogP) is 0.726. The van der Waals surface area contributed by atoms with Gasteiger partial charge in [0.05, 0.1) is 12.0 Å². The first-order valence-electron chi connectivity index (χ1n) is 5.34. The fourth-order valence-electron chi connectivity index (χ4n) is 1.43. The summed E-state index contributed by atoms with van der Waals surface area (Å²) in [7, 11) is 0. The third kappa shape index (κ3) is 2.46. The third-order valence-electron chi connectivity index (χ3n) is 2.20. The Bertz CT molecular complexity index is 448. The lowest BCUT2D eigenvalue weighted by atomic mass is 10.3. The van der Waals surface area contributed by atoms with E-state index in [0.717, 1.165) is 24.4 Å². The van der Waals surface area contributed by atoms with E-state index in [-0.39, 0.29) is 0 Å². The van der Waals surface area contributed by atoms with Gasteiger partial charge >= 0.3 is 0 Å². The largest absolute Gasteiger partial charge is 0.337 e. The second-order valence-electron chi connectivity index (χ2n) is 3.60. The Labute approximate surface area is 93.5 Å². The number of nitrogens with zero attached hydrogens (tertiary/aromatic N) is 4. The van der Waals surface area contributed by atoms with Crippen LogP contribution in [0.2, 0.25) is 0 Å². The molecule has 0 saturated heterocycles. The monoisotopic (exact) mass is 221 g/mol. The van der Waals surface area contributed by atoms with Gasteiger partial charge in [-0.25, -0.2) is 4.98 Å². The van der Waals surface area contributed by atoms with Crippen molar-refractivity contribution in [2.24, 2.45) is 5.73 Å². The third-order valence-corrected chi connectivity index (χ3v) is 2.20. The molecule has 0 aliphatic carbocycles. The maximum atomic E-state index is 5.47. The summed E-state index contributed by atoms with van der Waals surface area (Å²) in [6.45, 7) is 3.07. The standard InChI is InChI=1S/C10H15N5O/c1-2-3-9-13-10(16-14-9)6-15-5-8(4-11)12-7-15/h5,7H,2-4,6,11H2,1H3. The topological polar surface area (TPSA) is 82.8 Å². The molecular weight excluding hydrogens is 206 g/mol. The maximum Gasteiger partial charge on any atom is 0.246 e. The highest BCUT2D eigenvalue weighted by Gasteiger charge is 2.06. The zero-order chi connectivity index (χ0) is 11.4.